The minimum atomic E-state index is 0.808. The molecule has 0 saturated heterocycles. The Labute approximate surface area is 100 Å². The largest absolute Gasteiger partial charge is 0.315 e. The number of aromatic nitrogens is 4. The summed E-state index contributed by atoms with van der Waals surface area (Å²) in [6.45, 7) is 6.60. The molecule has 0 aliphatic carbocycles. The third kappa shape index (κ3) is 4.64. The monoisotopic (exact) mass is 239 g/mol. The van der Waals surface area contributed by atoms with E-state index in [0.717, 1.165) is 37.0 Å². The molecule has 0 aliphatic rings. The predicted molar refractivity (Wildman–Crippen MR) is 65.2 cm³/mol. The van der Waals surface area contributed by atoms with Crippen LogP contribution in [-0.2, 0) is 6.54 Å². The SMILES string of the molecule is CC#CCCSc1nnnn1CCNCC. The number of tetrazole rings is 1. The molecule has 88 valence electrons. The highest BCUT2D eigenvalue weighted by molar-refractivity contribution is 7.99. The Morgan fingerprint density at radius 1 is 1.50 bits per heavy atom. The highest BCUT2D eigenvalue weighted by atomic mass is 32.2. The van der Waals surface area contributed by atoms with Gasteiger partial charge in [0.05, 0.1) is 6.54 Å². The first kappa shape index (κ1) is 13.0. The second kappa shape index (κ2) is 8.13. The normalized spacial score (nSPS) is 9.88. The van der Waals surface area contributed by atoms with Gasteiger partial charge in [-0.15, -0.1) is 16.9 Å². The van der Waals surface area contributed by atoms with Crippen LogP contribution in [0.3, 0.4) is 0 Å². The lowest BCUT2D eigenvalue weighted by atomic mass is 10.5. The summed E-state index contributed by atoms with van der Waals surface area (Å²) in [6, 6.07) is 0. The van der Waals surface area contributed by atoms with Crippen LogP contribution in [0.4, 0.5) is 0 Å². The van der Waals surface area contributed by atoms with E-state index in [2.05, 4.69) is 39.6 Å². The molecule has 0 aromatic carbocycles. The molecule has 0 aliphatic heterocycles. The van der Waals surface area contributed by atoms with Crippen molar-refractivity contribution in [2.75, 3.05) is 18.8 Å². The van der Waals surface area contributed by atoms with Crippen molar-refractivity contribution >= 4 is 11.8 Å². The van der Waals surface area contributed by atoms with E-state index in [4.69, 9.17) is 0 Å². The lowest BCUT2D eigenvalue weighted by molar-refractivity contribution is 0.517. The Bertz CT molecular complexity index is 352. The minimum absolute atomic E-state index is 0.808. The zero-order valence-electron chi connectivity index (χ0n) is 9.73. The molecule has 0 bridgehead atoms. The molecule has 6 heteroatoms. The molecule has 1 aromatic rings. The maximum Gasteiger partial charge on any atom is 0.209 e. The summed E-state index contributed by atoms with van der Waals surface area (Å²) >= 11 is 1.65. The first-order valence-corrected chi connectivity index (χ1v) is 6.36. The van der Waals surface area contributed by atoms with Crippen LogP contribution in [0, 0.1) is 11.8 Å². The van der Waals surface area contributed by atoms with Gasteiger partial charge in [0.1, 0.15) is 0 Å². The first-order chi connectivity index (χ1) is 7.88. The van der Waals surface area contributed by atoms with Crippen LogP contribution in [0.25, 0.3) is 0 Å². The molecule has 16 heavy (non-hydrogen) atoms. The molecular weight excluding hydrogens is 222 g/mol. The maximum atomic E-state index is 3.98. The number of nitrogens with one attached hydrogen (secondary N) is 1. The summed E-state index contributed by atoms with van der Waals surface area (Å²) < 4.78 is 1.83. The van der Waals surface area contributed by atoms with E-state index < -0.39 is 0 Å². The van der Waals surface area contributed by atoms with Crippen LogP contribution in [-0.4, -0.2) is 39.0 Å². The molecule has 1 heterocycles. The van der Waals surface area contributed by atoms with Crippen molar-refractivity contribution in [3.05, 3.63) is 0 Å². The Morgan fingerprint density at radius 2 is 2.38 bits per heavy atom. The molecule has 0 atom stereocenters. The van der Waals surface area contributed by atoms with Gasteiger partial charge >= 0.3 is 0 Å². The van der Waals surface area contributed by atoms with Gasteiger partial charge in [0, 0.05) is 18.7 Å². The molecule has 1 aromatic heterocycles. The molecule has 1 rings (SSSR count). The van der Waals surface area contributed by atoms with Crippen LogP contribution in [0.5, 0.6) is 0 Å². The summed E-state index contributed by atoms with van der Waals surface area (Å²) in [5, 5.41) is 15.7. The molecule has 0 saturated carbocycles. The lowest BCUT2D eigenvalue weighted by Gasteiger charge is -2.03. The van der Waals surface area contributed by atoms with Gasteiger partial charge in [-0.05, 0) is 23.9 Å². The topological polar surface area (TPSA) is 55.6 Å². The second-order valence-corrected chi connectivity index (χ2v) is 4.13. The second-order valence-electron chi connectivity index (χ2n) is 3.06. The van der Waals surface area contributed by atoms with Crippen molar-refractivity contribution < 1.29 is 0 Å². The van der Waals surface area contributed by atoms with E-state index in [1.54, 1.807) is 11.8 Å². The van der Waals surface area contributed by atoms with E-state index in [9.17, 15) is 0 Å². The van der Waals surface area contributed by atoms with E-state index in [1.807, 2.05) is 11.6 Å². The van der Waals surface area contributed by atoms with E-state index in [0.29, 0.717) is 0 Å². The molecule has 0 fully saturated rings. The van der Waals surface area contributed by atoms with Gasteiger partial charge in [-0.25, -0.2) is 4.68 Å². The third-order valence-corrected chi connectivity index (χ3v) is 2.84. The average molecular weight is 239 g/mol. The zero-order chi connectivity index (χ0) is 11.6. The predicted octanol–water partition coefficient (Wildman–Crippen LogP) is 0.788. The molecular formula is C10H17N5S. The van der Waals surface area contributed by atoms with Crippen LogP contribution >= 0.6 is 11.8 Å². The zero-order valence-corrected chi connectivity index (χ0v) is 10.5. The summed E-state index contributed by atoms with van der Waals surface area (Å²) in [5.41, 5.74) is 0. The van der Waals surface area contributed by atoms with Crippen LogP contribution in [0.15, 0.2) is 5.16 Å². The van der Waals surface area contributed by atoms with Crippen molar-refractivity contribution in [1.29, 1.82) is 0 Å². The minimum Gasteiger partial charge on any atom is -0.315 e. The number of likely N-dealkylation sites (N-methyl/N-ethyl adjacent to an activating group) is 1. The number of nitrogens with zero attached hydrogens (tertiary/aromatic N) is 4. The quantitative estimate of drug-likeness (QED) is 0.433. The molecule has 0 spiro atoms. The standard InChI is InChI=1S/C10H17N5S/c1-3-5-6-9-16-10-12-13-14-15(10)8-7-11-4-2/h11H,4,6-9H2,1-2H3. The Kier molecular flexibility index (Phi) is 6.61. The summed E-state index contributed by atoms with van der Waals surface area (Å²) in [6.07, 6.45) is 0.876. The first-order valence-electron chi connectivity index (χ1n) is 5.37. The van der Waals surface area contributed by atoms with E-state index >= 15 is 0 Å². The maximum absolute atomic E-state index is 3.98. The van der Waals surface area contributed by atoms with Crippen molar-refractivity contribution in [1.82, 2.24) is 25.5 Å². The highest BCUT2D eigenvalue weighted by Crippen LogP contribution is 2.13. The number of rotatable bonds is 7. The number of thioether (sulfide) groups is 1. The summed E-state index contributed by atoms with van der Waals surface area (Å²) in [7, 11) is 0. The summed E-state index contributed by atoms with van der Waals surface area (Å²) in [4.78, 5) is 0. The van der Waals surface area contributed by atoms with Crippen molar-refractivity contribution in [2.24, 2.45) is 0 Å². The molecule has 0 radical (unpaired) electrons. The molecule has 0 unspecified atom stereocenters. The van der Waals surface area contributed by atoms with Crippen LogP contribution in [0.1, 0.15) is 20.3 Å². The fourth-order valence-electron chi connectivity index (χ4n) is 1.12. The van der Waals surface area contributed by atoms with Crippen LogP contribution in [0.2, 0.25) is 0 Å². The fourth-order valence-corrected chi connectivity index (χ4v) is 1.88. The van der Waals surface area contributed by atoms with Gasteiger partial charge in [-0.1, -0.05) is 18.7 Å². The highest BCUT2D eigenvalue weighted by Gasteiger charge is 2.04. The van der Waals surface area contributed by atoms with Crippen LogP contribution < -0.4 is 5.32 Å². The fraction of sp³-hybridized carbons (Fsp3) is 0.700. The van der Waals surface area contributed by atoms with Gasteiger partial charge in [-0.2, -0.15) is 0 Å². The van der Waals surface area contributed by atoms with E-state index in [-0.39, 0.29) is 0 Å². The van der Waals surface area contributed by atoms with E-state index in [1.165, 1.54) is 0 Å². The van der Waals surface area contributed by atoms with Gasteiger partial charge in [-0.3, -0.25) is 0 Å². The molecule has 0 amide bonds. The van der Waals surface area contributed by atoms with Crippen molar-refractivity contribution in [3.63, 3.8) is 0 Å². The van der Waals surface area contributed by atoms with Gasteiger partial charge < -0.3 is 5.32 Å². The summed E-state index contributed by atoms with van der Waals surface area (Å²) in [5.74, 6) is 6.83. The molecule has 1 N–H and O–H groups in total. The number of hydrogen-bond acceptors (Lipinski definition) is 5. The average Bonchev–Trinajstić information content (AvgIpc) is 2.73. The molecule has 5 nitrogen and oxygen atoms in total. The third-order valence-electron chi connectivity index (χ3n) is 1.88. The van der Waals surface area contributed by atoms with Gasteiger partial charge in [0.2, 0.25) is 5.16 Å². The lowest BCUT2D eigenvalue weighted by Crippen LogP contribution is -2.20. The Morgan fingerprint density at radius 3 is 3.12 bits per heavy atom. The smallest absolute Gasteiger partial charge is 0.209 e. The van der Waals surface area contributed by atoms with Gasteiger partial charge in [0.25, 0.3) is 0 Å². The Balaban J connectivity index is 2.33. The van der Waals surface area contributed by atoms with Crippen molar-refractivity contribution in [2.45, 2.75) is 32.0 Å². The van der Waals surface area contributed by atoms with Crippen molar-refractivity contribution in [3.8, 4) is 11.8 Å². The van der Waals surface area contributed by atoms with Gasteiger partial charge in [0.15, 0.2) is 0 Å². The number of hydrogen-bond donors (Lipinski definition) is 1. The Hall–Kier alpha value is -1.06.